The molecular formula is C19H14BrClO. The minimum absolute atomic E-state index is 0.601. The molecule has 0 aromatic heterocycles. The summed E-state index contributed by atoms with van der Waals surface area (Å²) in [6, 6.07) is 18.2. The molecule has 0 radical (unpaired) electrons. The minimum Gasteiger partial charge on any atom is -0.497 e. The smallest absolute Gasteiger partial charge is 0.119 e. The second-order valence-electron chi connectivity index (χ2n) is 4.96. The first-order valence-electron chi connectivity index (χ1n) is 6.82. The van der Waals surface area contributed by atoms with Crippen molar-refractivity contribution in [3.8, 4) is 11.1 Å². The highest BCUT2D eigenvalue weighted by atomic mass is 79.9. The van der Waals surface area contributed by atoms with E-state index in [1.54, 1.807) is 7.11 Å². The Kier molecular flexibility index (Phi) is 4.23. The molecule has 3 aromatic carbocycles. The first-order chi connectivity index (χ1) is 10.6. The standard InChI is InChI=1S/C19H14BrClO/c1-12(22-2)18-11-13(21)7-8-16(18)15-9-10-19(20)17-6-4-3-5-14(15)17/h3-11H,1H2,2H3. The lowest BCUT2D eigenvalue weighted by atomic mass is 9.94. The molecule has 0 heterocycles. The number of halogens is 2. The van der Waals surface area contributed by atoms with Gasteiger partial charge in [-0.2, -0.15) is 0 Å². The monoisotopic (exact) mass is 372 g/mol. The molecule has 1 nitrogen and oxygen atoms in total. The third-order valence-electron chi connectivity index (χ3n) is 3.69. The van der Waals surface area contributed by atoms with Gasteiger partial charge >= 0.3 is 0 Å². The van der Waals surface area contributed by atoms with Crippen molar-refractivity contribution in [1.29, 1.82) is 0 Å². The molecule has 3 rings (SSSR count). The largest absolute Gasteiger partial charge is 0.497 e. The summed E-state index contributed by atoms with van der Waals surface area (Å²) in [6.07, 6.45) is 0. The summed E-state index contributed by atoms with van der Waals surface area (Å²) in [5, 5.41) is 3.01. The van der Waals surface area contributed by atoms with Gasteiger partial charge in [-0.05, 0) is 40.1 Å². The molecule has 22 heavy (non-hydrogen) atoms. The summed E-state index contributed by atoms with van der Waals surface area (Å²) in [5.41, 5.74) is 3.09. The van der Waals surface area contributed by atoms with Gasteiger partial charge in [-0.25, -0.2) is 0 Å². The molecule has 0 spiro atoms. The van der Waals surface area contributed by atoms with Crippen LogP contribution in [0, 0.1) is 0 Å². The second kappa shape index (κ2) is 6.15. The lowest BCUT2D eigenvalue weighted by Gasteiger charge is -2.14. The van der Waals surface area contributed by atoms with Gasteiger partial charge in [0.1, 0.15) is 5.76 Å². The molecule has 0 bridgehead atoms. The number of benzene rings is 3. The van der Waals surface area contributed by atoms with Crippen molar-refractivity contribution < 1.29 is 4.74 Å². The lowest BCUT2D eigenvalue weighted by molar-refractivity contribution is 0.371. The highest BCUT2D eigenvalue weighted by Crippen LogP contribution is 2.37. The number of fused-ring (bicyclic) bond motifs is 1. The maximum Gasteiger partial charge on any atom is 0.119 e. The van der Waals surface area contributed by atoms with Gasteiger partial charge in [0.25, 0.3) is 0 Å². The normalized spacial score (nSPS) is 10.7. The van der Waals surface area contributed by atoms with E-state index in [2.05, 4.69) is 46.8 Å². The SMILES string of the molecule is C=C(OC)c1cc(Cl)ccc1-c1ccc(Br)c2ccccc12. The van der Waals surface area contributed by atoms with Crippen molar-refractivity contribution in [2.24, 2.45) is 0 Å². The van der Waals surface area contributed by atoms with Crippen molar-refractivity contribution in [2.45, 2.75) is 0 Å². The molecule has 0 aliphatic heterocycles. The van der Waals surface area contributed by atoms with Crippen molar-refractivity contribution in [3.05, 3.63) is 76.2 Å². The fraction of sp³-hybridized carbons (Fsp3) is 0.0526. The summed E-state index contributed by atoms with van der Waals surface area (Å²) in [4.78, 5) is 0. The topological polar surface area (TPSA) is 9.23 Å². The van der Waals surface area contributed by atoms with Gasteiger partial charge in [-0.15, -0.1) is 0 Å². The Labute approximate surface area is 143 Å². The van der Waals surface area contributed by atoms with Crippen LogP contribution < -0.4 is 0 Å². The predicted octanol–water partition coefficient (Wildman–Crippen LogP) is 6.54. The Balaban J connectivity index is 2.33. The third-order valence-corrected chi connectivity index (χ3v) is 4.62. The van der Waals surface area contributed by atoms with E-state index in [1.807, 2.05) is 30.3 Å². The summed E-state index contributed by atoms with van der Waals surface area (Å²) in [7, 11) is 1.62. The number of hydrogen-bond acceptors (Lipinski definition) is 1. The van der Waals surface area contributed by atoms with E-state index >= 15 is 0 Å². The average molecular weight is 374 g/mol. The zero-order valence-corrected chi connectivity index (χ0v) is 14.4. The molecule has 0 aliphatic rings. The summed E-state index contributed by atoms with van der Waals surface area (Å²) >= 11 is 9.76. The van der Waals surface area contributed by atoms with Crippen LogP contribution in [0.25, 0.3) is 27.7 Å². The molecular weight excluding hydrogens is 360 g/mol. The highest BCUT2D eigenvalue weighted by Gasteiger charge is 2.13. The molecule has 0 saturated heterocycles. The van der Waals surface area contributed by atoms with Gasteiger partial charge in [0.15, 0.2) is 0 Å². The van der Waals surface area contributed by atoms with E-state index in [9.17, 15) is 0 Å². The van der Waals surface area contributed by atoms with E-state index in [0.717, 1.165) is 21.2 Å². The Morgan fingerprint density at radius 1 is 1.00 bits per heavy atom. The molecule has 0 atom stereocenters. The number of ether oxygens (including phenoxy) is 1. The molecule has 3 heteroatoms. The molecule has 110 valence electrons. The van der Waals surface area contributed by atoms with Crippen LogP contribution in [0.4, 0.5) is 0 Å². The van der Waals surface area contributed by atoms with Gasteiger partial charge in [0, 0.05) is 15.1 Å². The van der Waals surface area contributed by atoms with Gasteiger partial charge in [0.05, 0.1) is 7.11 Å². The first kappa shape index (κ1) is 15.1. The lowest BCUT2D eigenvalue weighted by Crippen LogP contribution is -1.92. The van der Waals surface area contributed by atoms with Crippen LogP contribution in [0.1, 0.15) is 5.56 Å². The van der Waals surface area contributed by atoms with Gasteiger partial charge in [-0.1, -0.05) is 70.5 Å². The number of rotatable bonds is 3. The molecule has 0 amide bonds. The van der Waals surface area contributed by atoms with Crippen LogP contribution >= 0.6 is 27.5 Å². The molecule has 0 N–H and O–H groups in total. The Hall–Kier alpha value is -1.77. The molecule has 0 saturated carbocycles. The maximum absolute atomic E-state index is 6.14. The molecule has 0 fully saturated rings. The van der Waals surface area contributed by atoms with Gasteiger partial charge < -0.3 is 4.74 Å². The van der Waals surface area contributed by atoms with E-state index in [4.69, 9.17) is 16.3 Å². The zero-order valence-electron chi connectivity index (χ0n) is 12.1. The van der Waals surface area contributed by atoms with Gasteiger partial charge in [-0.3, -0.25) is 0 Å². The van der Waals surface area contributed by atoms with Crippen LogP contribution in [0.3, 0.4) is 0 Å². The predicted molar refractivity (Wildman–Crippen MR) is 98.1 cm³/mol. The van der Waals surface area contributed by atoms with Crippen molar-refractivity contribution in [1.82, 2.24) is 0 Å². The fourth-order valence-corrected chi connectivity index (χ4v) is 3.24. The van der Waals surface area contributed by atoms with E-state index in [-0.39, 0.29) is 0 Å². The van der Waals surface area contributed by atoms with Crippen LogP contribution in [0.15, 0.2) is 65.6 Å². The van der Waals surface area contributed by atoms with Crippen LogP contribution in [0.2, 0.25) is 5.02 Å². The second-order valence-corrected chi connectivity index (χ2v) is 6.25. The van der Waals surface area contributed by atoms with Crippen LogP contribution in [-0.4, -0.2) is 7.11 Å². The van der Waals surface area contributed by atoms with Crippen molar-refractivity contribution in [2.75, 3.05) is 7.11 Å². The Morgan fingerprint density at radius 2 is 1.68 bits per heavy atom. The molecule has 3 aromatic rings. The average Bonchev–Trinajstić information content (AvgIpc) is 2.55. The van der Waals surface area contributed by atoms with Crippen molar-refractivity contribution >= 4 is 44.1 Å². The van der Waals surface area contributed by atoms with E-state index in [1.165, 1.54) is 10.8 Å². The summed E-state index contributed by atoms with van der Waals surface area (Å²) in [6.45, 7) is 3.98. The maximum atomic E-state index is 6.14. The molecule has 0 unspecified atom stereocenters. The number of hydrogen-bond donors (Lipinski definition) is 0. The number of methoxy groups -OCH3 is 1. The van der Waals surface area contributed by atoms with Crippen LogP contribution in [0.5, 0.6) is 0 Å². The fourth-order valence-electron chi connectivity index (χ4n) is 2.59. The minimum atomic E-state index is 0.601. The zero-order chi connectivity index (χ0) is 15.7. The van der Waals surface area contributed by atoms with Gasteiger partial charge in [0.2, 0.25) is 0 Å². The Bertz CT molecular complexity index is 870. The quantitative estimate of drug-likeness (QED) is 0.474. The third kappa shape index (κ3) is 2.65. The Morgan fingerprint density at radius 3 is 2.41 bits per heavy atom. The van der Waals surface area contributed by atoms with Crippen molar-refractivity contribution in [3.63, 3.8) is 0 Å². The van der Waals surface area contributed by atoms with E-state index < -0.39 is 0 Å². The molecule has 0 aliphatic carbocycles. The summed E-state index contributed by atoms with van der Waals surface area (Å²) in [5.74, 6) is 0.601. The summed E-state index contributed by atoms with van der Waals surface area (Å²) < 4.78 is 6.40. The van der Waals surface area contributed by atoms with E-state index in [0.29, 0.717) is 10.8 Å². The van der Waals surface area contributed by atoms with Crippen LogP contribution in [-0.2, 0) is 4.74 Å². The highest BCUT2D eigenvalue weighted by molar-refractivity contribution is 9.10. The first-order valence-corrected chi connectivity index (χ1v) is 7.99.